The second-order valence-electron chi connectivity index (χ2n) is 4.25. The molecule has 0 fully saturated rings. The normalized spacial score (nSPS) is 12.9. The Morgan fingerprint density at radius 1 is 1.38 bits per heavy atom. The van der Waals surface area contributed by atoms with Gasteiger partial charge in [0.1, 0.15) is 5.82 Å². The molecule has 0 unspecified atom stereocenters. The third-order valence-corrected chi connectivity index (χ3v) is 2.56. The lowest BCUT2D eigenvalue weighted by Crippen LogP contribution is -2.34. The van der Waals surface area contributed by atoms with Crippen LogP contribution < -0.4 is 10.6 Å². The molecule has 0 amide bonds. The van der Waals surface area contributed by atoms with Gasteiger partial charge in [-0.2, -0.15) is 0 Å². The molecule has 0 bridgehead atoms. The summed E-state index contributed by atoms with van der Waals surface area (Å²) in [7, 11) is 0. The number of aliphatic hydroxyl groups excluding tert-OH is 1. The van der Waals surface area contributed by atoms with Crippen LogP contribution in [0.3, 0.4) is 0 Å². The Kier molecular flexibility index (Phi) is 4.71. The van der Waals surface area contributed by atoms with Crippen molar-refractivity contribution in [1.29, 1.82) is 0 Å². The second-order valence-corrected chi connectivity index (χ2v) is 4.25. The van der Waals surface area contributed by atoms with E-state index >= 15 is 0 Å². The number of anilines is 1. The van der Waals surface area contributed by atoms with Gasteiger partial charge < -0.3 is 15.7 Å². The van der Waals surface area contributed by atoms with Gasteiger partial charge in [0.25, 0.3) is 0 Å². The van der Waals surface area contributed by atoms with Gasteiger partial charge in [-0.25, -0.2) is 4.98 Å². The van der Waals surface area contributed by atoms with Crippen molar-refractivity contribution in [3.63, 3.8) is 0 Å². The third kappa shape index (κ3) is 3.18. The van der Waals surface area contributed by atoms with E-state index in [-0.39, 0.29) is 12.6 Å². The van der Waals surface area contributed by atoms with E-state index in [1.165, 1.54) is 0 Å². The fourth-order valence-corrected chi connectivity index (χ4v) is 1.58. The average Bonchev–Trinajstić information content (AvgIpc) is 2.25. The maximum Gasteiger partial charge on any atom is 0.128 e. The van der Waals surface area contributed by atoms with Crippen LogP contribution in [0.25, 0.3) is 0 Å². The minimum Gasteiger partial charge on any atom is -0.395 e. The lowest BCUT2D eigenvalue weighted by molar-refractivity contribution is 0.298. The third-order valence-electron chi connectivity index (χ3n) is 2.56. The zero-order chi connectivity index (χ0) is 12.1. The van der Waals surface area contributed by atoms with E-state index in [2.05, 4.69) is 23.7 Å². The number of rotatable bonds is 5. The van der Waals surface area contributed by atoms with Gasteiger partial charge in [0.05, 0.1) is 6.61 Å². The zero-order valence-corrected chi connectivity index (χ0v) is 10.2. The Balaban J connectivity index is 2.85. The predicted molar refractivity (Wildman–Crippen MR) is 66.4 cm³/mol. The van der Waals surface area contributed by atoms with Crippen LogP contribution in [0.15, 0.2) is 18.3 Å². The summed E-state index contributed by atoms with van der Waals surface area (Å²) in [6.07, 6.45) is 1.80. The van der Waals surface area contributed by atoms with Gasteiger partial charge in [0.2, 0.25) is 0 Å². The SMILES string of the molecule is CC(C)N(CCO)c1ccc([C@H](C)N)cn1. The van der Waals surface area contributed by atoms with E-state index in [0.29, 0.717) is 12.6 Å². The molecule has 16 heavy (non-hydrogen) atoms. The van der Waals surface area contributed by atoms with Gasteiger partial charge in [0, 0.05) is 24.8 Å². The summed E-state index contributed by atoms with van der Waals surface area (Å²) in [5.41, 5.74) is 6.79. The minimum absolute atomic E-state index is 0.00638. The predicted octanol–water partition coefficient (Wildman–Crippen LogP) is 1.31. The van der Waals surface area contributed by atoms with E-state index in [4.69, 9.17) is 10.8 Å². The quantitative estimate of drug-likeness (QED) is 0.790. The van der Waals surface area contributed by atoms with Crippen LogP contribution in [0, 0.1) is 0 Å². The highest BCUT2D eigenvalue weighted by atomic mass is 16.3. The molecule has 1 rings (SSSR count). The summed E-state index contributed by atoms with van der Waals surface area (Å²) in [6.45, 7) is 6.83. The van der Waals surface area contributed by atoms with Crippen molar-refractivity contribution in [2.45, 2.75) is 32.9 Å². The Morgan fingerprint density at radius 3 is 2.44 bits per heavy atom. The van der Waals surface area contributed by atoms with Crippen molar-refractivity contribution >= 4 is 5.82 Å². The fourth-order valence-electron chi connectivity index (χ4n) is 1.58. The molecule has 0 aliphatic heterocycles. The molecular formula is C12H21N3O. The van der Waals surface area contributed by atoms with Crippen molar-refractivity contribution in [2.24, 2.45) is 5.73 Å². The lowest BCUT2D eigenvalue weighted by Gasteiger charge is -2.27. The molecule has 1 heterocycles. The van der Waals surface area contributed by atoms with Gasteiger partial charge >= 0.3 is 0 Å². The van der Waals surface area contributed by atoms with Crippen molar-refractivity contribution in [2.75, 3.05) is 18.1 Å². The Morgan fingerprint density at radius 2 is 2.06 bits per heavy atom. The molecule has 0 aromatic carbocycles. The van der Waals surface area contributed by atoms with Gasteiger partial charge in [-0.1, -0.05) is 6.07 Å². The molecule has 4 nitrogen and oxygen atoms in total. The van der Waals surface area contributed by atoms with Crippen LogP contribution in [-0.2, 0) is 0 Å². The minimum atomic E-state index is 0.00638. The first-order chi connectivity index (χ1) is 7.56. The molecule has 0 spiro atoms. The highest BCUT2D eigenvalue weighted by Crippen LogP contribution is 2.16. The highest BCUT2D eigenvalue weighted by Gasteiger charge is 2.11. The molecule has 0 saturated heterocycles. The van der Waals surface area contributed by atoms with Crippen LogP contribution in [0.1, 0.15) is 32.4 Å². The van der Waals surface area contributed by atoms with Gasteiger partial charge in [-0.05, 0) is 32.4 Å². The standard InChI is InChI=1S/C12H21N3O/c1-9(2)15(6-7-16)12-5-4-11(8-14-12)10(3)13/h4-5,8-10,16H,6-7,13H2,1-3H3/t10-/m0/s1. The van der Waals surface area contributed by atoms with E-state index in [1.54, 1.807) is 6.20 Å². The summed E-state index contributed by atoms with van der Waals surface area (Å²) in [5, 5.41) is 9.00. The zero-order valence-electron chi connectivity index (χ0n) is 10.2. The Bertz CT molecular complexity index is 309. The molecule has 1 atom stereocenters. The fraction of sp³-hybridized carbons (Fsp3) is 0.583. The number of hydrogen-bond donors (Lipinski definition) is 2. The Hall–Kier alpha value is -1.13. The van der Waals surface area contributed by atoms with Crippen molar-refractivity contribution < 1.29 is 5.11 Å². The number of nitrogens with two attached hydrogens (primary N) is 1. The number of aliphatic hydroxyl groups is 1. The van der Waals surface area contributed by atoms with E-state index in [1.807, 2.05) is 19.1 Å². The number of pyridine rings is 1. The largest absolute Gasteiger partial charge is 0.395 e. The molecule has 0 radical (unpaired) electrons. The number of aromatic nitrogens is 1. The van der Waals surface area contributed by atoms with E-state index < -0.39 is 0 Å². The summed E-state index contributed by atoms with van der Waals surface area (Å²) in [6, 6.07) is 4.27. The van der Waals surface area contributed by atoms with Crippen LogP contribution in [0.5, 0.6) is 0 Å². The van der Waals surface area contributed by atoms with Crippen LogP contribution >= 0.6 is 0 Å². The van der Waals surface area contributed by atoms with Gasteiger partial charge in [-0.15, -0.1) is 0 Å². The molecule has 3 N–H and O–H groups in total. The lowest BCUT2D eigenvalue weighted by atomic mass is 10.1. The van der Waals surface area contributed by atoms with Crippen molar-refractivity contribution in [3.8, 4) is 0 Å². The molecule has 1 aromatic heterocycles. The highest BCUT2D eigenvalue weighted by molar-refractivity contribution is 5.40. The number of nitrogens with zero attached hydrogens (tertiary/aromatic N) is 2. The van der Waals surface area contributed by atoms with Gasteiger partial charge in [0.15, 0.2) is 0 Å². The molecule has 90 valence electrons. The first kappa shape index (κ1) is 12.9. The summed E-state index contributed by atoms with van der Waals surface area (Å²) in [4.78, 5) is 6.44. The summed E-state index contributed by atoms with van der Waals surface area (Å²) >= 11 is 0. The second kappa shape index (κ2) is 5.82. The Labute approximate surface area is 97.1 Å². The molecular weight excluding hydrogens is 202 g/mol. The average molecular weight is 223 g/mol. The molecule has 0 aliphatic rings. The van der Waals surface area contributed by atoms with Crippen molar-refractivity contribution in [3.05, 3.63) is 23.9 Å². The first-order valence-corrected chi connectivity index (χ1v) is 5.65. The van der Waals surface area contributed by atoms with Crippen LogP contribution in [-0.4, -0.2) is 29.3 Å². The van der Waals surface area contributed by atoms with Crippen LogP contribution in [0.4, 0.5) is 5.82 Å². The van der Waals surface area contributed by atoms with E-state index in [9.17, 15) is 0 Å². The monoisotopic (exact) mass is 223 g/mol. The molecule has 0 saturated carbocycles. The molecule has 4 heteroatoms. The molecule has 1 aromatic rings. The van der Waals surface area contributed by atoms with Crippen molar-refractivity contribution in [1.82, 2.24) is 4.98 Å². The summed E-state index contributed by atoms with van der Waals surface area (Å²) < 4.78 is 0. The van der Waals surface area contributed by atoms with Gasteiger partial charge in [-0.3, -0.25) is 0 Å². The first-order valence-electron chi connectivity index (χ1n) is 5.65. The maximum absolute atomic E-state index is 9.00. The molecule has 0 aliphatic carbocycles. The summed E-state index contributed by atoms with van der Waals surface area (Å²) in [5.74, 6) is 0.883. The topological polar surface area (TPSA) is 62.4 Å². The van der Waals surface area contributed by atoms with Crippen LogP contribution in [0.2, 0.25) is 0 Å². The smallest absolute Gasteiger partial charge is 0.128 e. The maximum atomic E-state index is 9.00. The number of hydrogen-bond acceptors (Lipinski definition) is 4. The van der Waals surface area contributed by atoms with E-state index in [0.717, 1.165) is 11.4 Å².